The van der Waals surface area contributed by atoms with Gasteiger partial charge in [-0.2, -0.15) is 0 Å². The van der Waals surface area contributed by atoms with Gasteiger partial charge in [0.25, 0.3) is 0 Å². The van der Waals surface area contributed by atoms with Crippen LogP contribution >= 0.6 is 27.5 Å². The molecular formula is C23H15BrClNO3. The van der Waals surface area contributed by atoms with E-state index in [0.717, 1.165) is 21.2 Å². The van der Waals surface area contributed by atoms with Crippen molar-refractivity contribution >= 4 is 45.5 Å². The fourth-order valence-corrected chi connectivity index (χ4v) is 3.23. The molecule has 6 heteroatoms. The molecule has 4 nitrogen and oxygen atoms in total. The van der Waals surface area contributed by atoms with Crippen molar-refractivity contribution in [2.24, 2.45) is 4.99 Å². The molecule has 0 saturated heterocycles. The maximum Gasteiger partial charge on any atom is 0.363 e. The number of rotatable bonds is 5. The van der Waals surface area contributed by atoms with E-state index in [-0.39, 0.29) is 11.6 Å². The van der Waals surface area contributed by atoms with E-state index in [0.29, 0.717) is 17.4 Å². The Labute approximate surface area is 181 Å². The SMILES string of the molecule is O=C1OC(c2ccc(Br)cc2)=N/C1=C/c1ccccc1OCc1ccccc1Cl. The zero-order valence-corrected chi connectivity index (χ0v) is 17.5. The molecule has 0 radical (unpaired) electrons. The Balaban J connectivity index is 1.58. The first-order valence-electron chi connectivity index (χ1n) is 8.84. The summed E-state index contributed by atoms with van der Waals surface area (Å²) in [5, 5.41) is 0.645. The number of ether oxygens (including phenoxy) is 2. The molecular weight excluding hydrogens is 454 g/mol. The number of esters is 1. The van der Waals surface area contributed by atoms with Crippen molar-refractivity contribution in [3.8, 4) is 5.75 Å². The van der Waals surface area contributed by atoms with Gasteiger partial charge in [0.15, 0.2) is 5.70 Å². The molecule has 0 aliphatic carbocycles. The fraction of sp³-hybridized carbons (Fsp3) is 0.0435. The summed E-state index contributed by atoms with van der Waals surface area (Å²) in [6.45, 7) is 0.317. The third-order valence-corrected chi connectivity index (χ3v) is 5.16. The lowest BCUT2D eigenvalue weighted by Crippen LogP contribution is -2.05. The first kappa shape index (κ1) is 19.4. The topological polar surface area (TPSA) is 47.9 Å². The average Bonchev–Trinajstić information content (AvgIpc) is 3.09. The number of hydrogen-bond donors (Lipinski definition) is 0. The monoisotopic (exact) mass is 467 g/mol. The molecule has 0 aromatic heterocycles. The van der Waals surface area contributed by atoms with Crippen LogP contribution in [0.3, 0.4) is 0 Å². The van der Waals surface area contributed by atoms with Crippen molar-refractivity contribution in [1.29, 1.82) is 0 Å². The minimum Gasteiger partial charge on any atom is -0.488 e. The predicted molar refractivity (Wildman–Crippen MR) is 117 cm³/mol. The van der Waals surface area contributed by atoms with Gasteiger partial charge in [0.1, 0.15) is 12.4 Å². The summed E-state index contributed by atoms with van der Waals surface area (Å²) >= 11 is 9.58. The van der Waals surface area contributed by atoms with Crippen LogP contribution in [-0.2, 0) is 16.1 Å². The Bertz CT molecular complexity index is 1120. The van der Waals surface area contributed by atoms with Gasteiger partial charge in [0.2, 0.25) is 5.90 Å². The van der Waals surface area contributed by atoms with Crippen LogP contribution in [0.4, 0.5) is 0 Å². The van der Waals surface area contributed by atoms with Crippen LogP contribution in [0.15, 0.2) is 88.0 Å². The van der Waals surface area contributed by atoms with E-state index in [1.165, 1.54) is 0 Å². The van der Waals surface area contributed by atoms with Gasteiger partial charge in [-0.05, 0) is 42.5 Å². The van der Waals surface area contributed by atoms with E-state index in [2.05, 4.69) is 20.9 Å². The lowest BCUT2D eigenvalue weighted by atomic mass is 10.1. The van der Waals surface area contributed by atoms with Gasteiger partial charge in [0.05, 0.1) is 0 Å². The van der Waals surface area contributed by atoms with Crippen molar-refractivity contribution < 1.29 is 14.3 Å². The summed E-state index contributed by atoms with van der Waals surface area (Å²) in [5.41, 5.74) is 2.56. The number of aliphatic imine (C=N–C) groups is 1. The molecule has 0 amide bonds. The van der Waals surface area contributed by atoms with Crippen molar-refractivity contribution in [2.45, 2.75) is 6.61 Å². The molecule has 1 aliphatic rings. The molecule has 3 aromatic rings. The van der Waals surface area contributed by atoms with Crippen LogP contribution < -0.4 is 4.74 Å². The Morgan fingerprint density at radius 3 is 2.52 bits per heavy atom. The van der Waals surface area contributed by atoms with Gasteiger partial charge >= 0.3 is 5.97 Å². The minimum atomic E-state index is -0.496. The molecule has 0 fully saturated rings. The molecule has 3 aromatic carbocycles. The molecule has 0 unspecified atom stereocenters. The number of carbonyl (C=O) groups excluding carboxylic acids is 1. The maximum atomic E-state index is 12.3. The van der Waals surface area contributed by atoms with Crippen molar-refractivity contribution in [2.75, 3.05) is 0 Å². The Kier molecular flexibility index (Phi) is 5.79. The van der Waals surface area contributed by atoms with Crippen molar-refractivity contribution in [3.05, 3.63) is 105 Å². The third-order valence-electron chi connectivity index (χ3n) is 4.26. The van der Waals surface area contributed by atoms with E-state index >= 15 is 0 Å². The van der Waals surface area contributed by atoms with E-state index in [9.17, 15) is 4.79 Å². The normalized spacial score (nSPS) is 14.6. The average molecular weight is 469 g/mol. The second-order valence-electron chi connectivity index (χ2n) is 6.26. The highest BCUT2D eigenvalue weighted by Gasteiger charge is 2.24. The lowest BCUT2D eigenvalue weighted by molar-refractivity contribution is -0.129. The van der Waals surface area contributed by atoms with Gasteiger partial charge < -0.3 is 9.47 Å². The zero-order chi connectivity index (χ0) is 20.2. The van der Waals surface area contributed by atoms with Gasteiger partial charge in [-0.15, -0.1) is 0 Å². The highest BCUT2D eigenvalue weighted by Crippen LogP contribution is 2.26. The molecule has 4 rings (SSSR count). The van der Waals surface area contributed by atoms with Gasteiger partial charge in [0, 0.05) is 26.2 Å². The van der Waals surface area contributed by atoms with Gasteiger partial charge in [-0.3, -0.25) is 0 Å². The van der Waals surface area contributed by atoms with E-state index < -0.39 is 5.97 Å². The van der Waals surface area contributed by atoms with Gasteiger partial charge in [-0.25, -0.2) is 9.79 Å². The number of halogens is 2. The molecule has 144 valence electrons. The number of carbonyl (C=O) groups is 1. The first-order valence-corrected chi connectivity index (χ1v) is 10.0. The lowest BCUT2D eigenvalue weighted by Gasteiger charge is -2.10. The van der Waals surface area contributed by atoms with Crippen LogP contribution in [0.2, 0.25) is 5.02 Å². The summed E-state index contributed by atoms with van der Waals surface area (Å²) in [4.78, 5) is 16.6. The Morgan fingerprint density at radius 1 is 1.00 bits per heavy atom. The largest absolute Gasteiger partial charge is 0.488 e. The second kappa shape index (κ2) is 8.64. The van der Waals surface area contributed by atoms with E-state index in [1.54, 1.807) is 6.08 Å². The van der Waals surface area contributed by atoms with Crippen LogP contribution in [0, 0.1) is 0 Å². The highest BCUT2D eigenvalue weighted by atomic mass is 79.9. The standard InChI is InChI=1S/C23H15BrClNO3/c24-18-11-9-15(10-12-18)22-26-20(23(27)29-22)13-16-5-2-4-8-21(16)28-14-17-6-1-3-7-19(17)25/h1-13H,14H2/b20-13+. The smallest absolute Gasteiger partial charge is 0.363 e. The van der Waals surface area contributed by atoms with Crippen LogP contribution in [-0.4, -0.2) is 11.9 Å². The second-order valence-corrected chi connectivity index (χ2v) is 7.58. The summed E-state index contributed by atoms with van der Waals surface area (Å²) < 4.78 is 12.2. The zero-order valence-electron chi connectivity index (χ0n) is 15.1. The molecule has 0 N–H and O–H groups in total. The highest BCUT2D eigenvalue weighted by molar-refractivity contribution is 9.10. The minimum absolute atomic E-state index is 0.219. The molecule has 0 saturated carbocycles. The maximum absolute atomic E-state index is 12.3. The van der Waals surface area contributed by atoms with E-state index in [4.69, 9.17) is 21.1 Å². The number of hydrogen-bond acceptors (Lipinski definition) is 4. The summed E-state index contributed by atoms with van der Waals surface area (Å²) in [6, 6.07) is 22.3. The molecule has 0 atom stereocenters. The molecule has 0 spiro atoms. The Hall–Kier alpha value is -2.89. The quantitative estimate of drug-likeness (QED) is 0.339. The number of benzene rings is 3. The molecule has 0 bridgehead atoms. The summed E-state index contributed by atoms with van der Waals surface area (Å²) in [7, 11) is 0. The van der Waals surface area contributed by atoms with Crippen LogP contribution in [0.1, 0.15) is 16.7 Å². The van der Waals surface area contributed by atoms with Crippen LogP contribution in [0.25, 0.3) is 6.08 Å². The summed E-state index contributed by atoms with van der Waals surface area (Å²) in [6.07, 6.45) is 1.66. The van der Waals surface area contributed by atoms with Crippen LogP contribution in [0.5, 0.6) is 5.75 Å². The van der Waals surface area contributed by atoms with E-state index in [1.807, 2.05) is 72.8 Å². The summed E-state index contributed by atoms with van der Waals surface area (Å²) in [5.74, 6) is 0.409. The first-order chi connectivity index (χ1) is 14.1. The predicted octanol–water partition coefficient (Wildman–Crippen LogP) is 6.03. The fourth-order valence-electron chi connectivity index (χ4n) is 2.77. The number of para-hydroxylation sites is 1. The third kappa shape index (κ3) is 4.58. The van der Waals surface area contributed by atoms with Crippen molar-refractivity contribution in [1.82, 2.24) is 0 Å². The molecule has 1 heterocycles. The van der Waals surface area contributed by atoms with Gasteiger partial charge in [-0.1, -0.05) is 63.9 Å². The number of nitrogens with zero attached hydrogens (tertiary/aromatic N) is 1. The molecule has 1 aliphatic heterocycles. The Morgan fingerprint density at radius 2 is 1.72 bits per heavy atom. The van der Waals surface area contributed by atoms with Crippen molar-refractivity contribution in [3.63, 3.8) is 0 Å². The molecule has 29 heavy (non-hydrogen) atoms. The number of cyclic esters (lactones) is 1.